The van der Waals surface area contributed by atoms with Crippen molar-refractivity contribution in [3.05, 3.63) is 11.6 Å². The maximum atomic E-state index is 13.5. The van der Waals surface area contributed by atoms with E-state index in [2.05, 4.69) is 6.92 Å². The number of fused-ring (bicyclic) bond motifs is 5. The van der Waals surface area contributed by atoms with E-state index >= 15 is 0 Å². The monoisotopic (exact) mass is 460 g/mol. The average molecular weight is 461 g/mol. The summed E-state index contributed by atoms with van der Waals surface area (Å²) in [6, 6.07) is 0. The molecule has 6 nitrogen and oxygen atoms in total. The van der Waals surface area contributed by atoms with Crippen molar-refractivity contribution < 1.29 is 29.7 Å². The number of carbonyl (C=O) groups is 3. The smallest absolute Gasteiger partial charge is 0.307 e. The molecule has 0 aromatic carbocycles. The highest BCUT2D eigenvalue weighted by Crippen LogP contribution is 2.72. The number of allylic oxidation sites excluding steroid dienone is 1. The molecular weight excluding hydrogens is 420 g/mol. The fourth-order valence-electron chi connectivity index (χ4n) is 9.10. The van der Waals surface area contributed by atoms with Crippen molar-refractivity contribution in [1.29, 1.82) is 0 Å². The van der Waals surface area contributed by atoms with Gasteiger partial charge in [0, 0.05) is 6.42 Å². The normalized spacial score (nSPS) is 43.2. The minimum atomic E-state index is -1.15. The van der Waals surface area contributed by atoms with Crippen LogP contribution in [-0.4, -0.2) is 45.6 Å². The van der Waals surface area contributed by atoms with Crippen molar-refractivity contribution in [2.75, 3.05) is 6.61 Å². The van der Waals surface area contributed by atoms with E-state index in [1.165, 1.54) is 0 Å². The minimum Gasteiger partial charge on any atom is -0.481 e. The third-order valence-corrected chi connectivity index (χ3v) is 10.5. The van der Waals surface area contributed by atoms with Gasteiger partial charge in [-0.15, -0.1) is 0 Å². The summed E-state index contributed by atoms with van der Waals surface area (Å²) in [6.45, 7) is 5.57. The molecule has 0 aromatic heterocycles. The number of aliphatic hydroxyl groups is 2. The van der Waals surface area contributed by atoms with E-state index in [1.54, 1.807) is 6.08 Å². The molecule has 3 N–H and O–H groups in total. The molecule has 3 fully saturated rings. The van der Waals surface area contributed by atoms with Gasteiger partial charge in [0.1, 0.15) is 6.61 Å². The Hall–Kier alpha value is -1.53. The Bertz CT molecular complexity index is 863. The molecule has 33 heavy (non-hydrogen) atoms. The highest BCUT2D eigenvalue weighted by Gasteiger charge is 2.71. The van der Waals surface area contributed by atoms with Gasteiger partial charge >= 0.3 is 5.97 Å². The van der Waals surface area contributed by atoms with Gasteiger partial charge in [0.05, 0.1) is 17.4 Å². The summed E-state index contributed by atoms with van der Waals surface area (Å²) in [4.78, 5) is 38.1. The first-order valence-corrected chi connectivity index (χ1v) is 12.9. The van der Waals surface area contributed by atoms with Crippen LogP contribution in [0.4, 0.5) is 0 Å². The third kappa shape index (κ3) is 3.38. The number of Topliss-reactive ketones (excluding diaryl/α,β-unsaturated/α-hetero) is 1. The Morgan fingerprint density at radius 1 is 1.18 bits per heavy atom. The van der Waals surface area contributed by atoms with Crippen molar-refractivity contribution in [3.63, 3.8) is 0 Å². The van der Waals surface area contributed by atoms with Crippen LogP contribution in [-0.2, 0) is 14.4 Å². The molecule has 0 heterocycles. The predicted octanol–water partition coefficient (Wildman–Crippen LogP) is 3.93. The molecule has 0 saturated heterocycles. The van der Waals surface area contributed by atoms with E-state index in [4.69, 9.17) is 0 Å². The number of aliphatic carboxylic acids is 1. The lowest BCUT2D eigenvalue weighted by atomic mass is 9.42. The predicted molar refractivity (Wildman–Crippen MR) is 123 cm³/mol. The number of carboxylic acids is 1. The quantitative estimate of drug-likeness (QED) is 0.531. The van der Waals surface area contributed by atoms with Crippen LogP contribution in [0.5, 0.6) is 0 Å². The number of carbonyl (C=O) groups excluding carboxylic acids is 2. The topological polar surface area (TPSA) is 112 Å². The fraction of sp³-hybridized carbons (Fsp3) is 0.815. The van der Waals surface area contributed by atoms with Gasteiger partial charge in [-0.25, -0.2) is 0 Å². The molecule has 1 unspecified atom stereocenters. The van der Waals surface area contributed by atoms with Crippen LogP contribution in [0.25, 0.3) is 0 Å². The second-order valence-electron chi connectivity index (χ2n) is 11.7. The van der Waals surface area contributed by atoms with E-state index in [9.17, 15) is 29.7 Å². The molecule has 0 bridgehead atoms. The van der Waals surface area contributed by atoms with Crippen LogP contribution in [0.2, 0.25) is 0 Å². The van der Waals surface area contributed by atoms with Crippen molar-refractivity contribution in [1.82, 2.24) is 0 Å². The van der Waals surface area contributed by atoms with Gasteiger partial charge in [-0.1, -0.05) is 39.2 Å². The van der Waals surface area contributed by atoms with Crippen LogP contribution < -0.4 is 0 Å². The molecular formula is C27H40O6. The van der Waals surface area contributed by atoms with Crippen molar-refractivity contribution in [2.24, 2.45) is 39.9 Å². The Kier molecular flexibility index (Phi) is 6.41. The van der Waals surface area contributed by atoms with Gasteiger partial charge in [0.25, 0.3) is 0 Å². The van der Waals surface area contributed by atoms with E-state index in [0.717, 1.165) is 37.7 Å². The van der Waals surface area contributed by atoms with Crippen molar-refractivity contribution >= 4 is 17.5 Å². The molecule has 4 rings (SSSR count). The first kappa shape index (κ1) is 24.6. The molecule has 0 aliphatic heterocycles. The zero-order chi connectivity index (χ0) is 24.2. The molecule has 0 spiro atoms. The SMILES string of the molecule is CCCCC(C(=O)O)[C@]1(C(=O)CO)CC[C@H]2[C@@H]3CCC4=CC(=O)CC[C@]4(C)[C@H]3[C@@H](O)C[C@@]21C. The van der Waals surface area contributed by atoms with E-state index in [1.807, 2.05) is 13.8 Å². The number of rotatable bonds is 7. The largest absolute Gasteiger partial charge is 0.481 e. The first-order valence-electron chi connectivity index (χ1n) is 12.9. The second kappa shape index (κ2) is 8.60. The van der Waals surface area contributed by atoms with Gasteiger partial charge < -0.3 is 15.3 Å². The summed E-state index contributed by atoms with van der Waals surface area (Å²) >= 11 is 0. The maximum absolute atomic E-state index is 13.5. The van der Waals surface area contributed by atoms with Crippen LogP contribution in [0.15, 0.2) is 11.6 Å². The standard InChI is InChI=1S/C27H40O6/c1-4-5-6-20(24(32)33)27(22(31)15-28)12-10-19-18-8-7-16-13-17(29)9-11-25(16,2)23(18)21(30)14-26(19,27)3/h13,18-21,23,28,30H,4-12,14-15H2,1-3H3,(H,32,33)/t18-,19-,20?,21-,23+,25-,26-,27-/m0/s1. The summed E-state index contributed by atoms with van der Waals surface area (Å²) in [5.74, 6) is -1.68. The number of aliphatic hydroxyl groups excluding tert-OH is 2. The van der Waals surface area contributed by atoms with Gasteiger partial charge in [-0.2, -0.15) is 0 Å². The second-order valence-corrected chi connectivity index (χ2v) is 11.7. The Morgan fingerprint density at radius 2 is 1.91 bits per heavy atom. The Morgan fingerprint density at radius 3 is 2.55 bits per heavy atom. The molecule has 184 valence electrons. The van der Waals surface area contributed by atoms with Crippen LogP contribution in [0, 0.1) is 39.9 Å². The van der Waals surface area contributed by atoms with Crippen molar-refractivity contribution in [3.8, 4) is 0 Å². The summed E-state index contributed by atoms with van der Waals surface area (Å²) < 4.78 is 0. The molecule has 3 saturated carbocycles. The summed E-state index contributed by atoms with van der Waals surface area (Å²) in [6.07, 6.45) is 7.62. The van der Waals surface area contributed by atoms with Crippen molar-refractivity contribution in [2.45, 2.75) is 91.1 Å². The lowest BCUT2D eigenvalue weighted by molar-refractivity contribution is -0.181. The molecule has 8 atom stereocenters. The number of hydrogen-bond acceptors (Lipinski definition) is 5. The van der Waals surface area contributed by atoms with Gasteiger partial charge in [-0.3, -0.25) is 14.4 Å². The summed E-state index contributed by atoms with van der Waals surface area (Å²) in [5.41, 5.74) is -0.895. The molecule has 0 radical (unpaired) electrons. The maximum Gasteiger partial charge on any atom is 0.307 e. The van der Waals surface area contributed by atoms with Gasteiger partial charge in [0.2, 0.25) is 0 Å². The zero-order valence-electron chi connectivity index (χ0n) is 20.3. The molecule has 4 aliphatic rings. The molecule has 6 heteroatoms. The van der Waals surface area contributed by atoms with Crippen LogP contribution in [0.3, 0.4) is 0 Å². The number of carboxylic acid groups (broad SMARTS) is 1. The van der Waals surface area contributed by atoms with Gasteiger partial charge in [0.15, 0.2) is 11.6 Å². The van der Waals surface area contributed by atoms with E-state index < -0.39 is 35.4 Å². The first-order chi connectivity index (χ1) is 15.6. The average Bonchev–Trinajstić information content (AvgIpc) is 3.06. The lowest BCUT2D eigenvalue weighted by Crippen LogP contribution is -2.61. The highest BCUT2D eigenvalue weighted by atomic mass is 16.4. The minimum absolute atomic E-state index is 0.0163. The number of ketones is 2. The third-order valence-electron chi connectivity index (χ3n) is 10.5. The summed E-state index contributed by atoms with van der Waals surface area (Å²) in [5, 5.41) is 31.9. The molecule has 0 amide bonds. The van der Waals surface area contributed by atoms with Crippen LogP contribution >= 0.6 is 0 Å². The highest BCUT2D eigenvalue weighted by molar-refractivity contribution is 5.92. The molecule has 0 aromatic rings. The Balaban J connectivity index is 1.78. The van der Waals surface area contributed by atoms with Crippen LogP contribution in [0.1, 0.15) is 85.0 Å². The number of unbranched alkanes of at least 4 members (excludes halogenated alkanes) is 1. The Labute approximate surface area is 196 Å². The zero-order valence-corrected chi connectivity index (χ0v) is 20.3. The molecule has 4 aliphatic carbocycles. The van der Waals surface area contributed by atoms with E-state index in [-0.39, 0.29) is 34.7 Å². The number of hydrogen-bond donors (Lipinski definition) is 3. The lowest BCUT2D eigenvalue weighted by Gasteiger charge is -2.62. The fourth-order valence-corrected chi connectivity index (χ4v) is 9.10. The summed E-state index contributed by atoms with van der Waals surface area (Å²) in [7, 11) is 0. The van der Waals surface area contributed by atoms with Gasteiger partial charge in [-0.05, 0) is 79.6 Å². The van der Waals surface area contributed by atoms with E-state index in [0.29, 0.717) is 32.1 Å².